The van der Waals surface area contributed by atoms with Crippen molar-refractivity contribution in [3.63, 3.8) is 0 Å². The third kappa shape index (κ3) is 8.10. The molecule has 0 bridgehead atoms. The molecule has 0 amide bonds. The molecule has 1 nitrogen and oxygen atoms in total. The van der Waals surface area contributed by atoms with Gasteiger partial charge >= 0.3 is 0 Å². The Morgan fingerprint density at radius 1 is 1.24 bits per heavy atom. The van der Waals surface area contributed by atoms with Gasteiger partial charge < -0.3 is 5.32 Å². The van der Waals surface area contributed by atoms with Gasteiger partial charge in [0.2, 0.25) is 0 Å². The van der Waals surface area contributed by atoms with E-state index in [0.29, 0.717) is 0 Å². The zero-order chi connectivity index (χ0) is 12.3. The lowest BCUT2D eigenvalue weighted by Crippen LogP contribution is -2.26. The molecule has 0 aromatic heterocycles. The minimum atomic E-state index is 0.717. The Labute approximate surface area is 113 Å². The van der Waals surface area contributed by atoms with Crippen molar-refractivity contribution in [1.82, 2.24) is 5.32 Å². The second-order valence-corrected chi connectivity index (χ2v) is 6.73. The van der Waals surface area contributed by atoms with Gasteiger partial charge in [0.05, 0.1) is 0 Å². The summed E-state index contributed by atoms with van der Waals surface area (Å²) in [5, 5.41) is 3.56. The van der Waals surface area contributed by atoms with Crippen molar-refractivity contribution >= 4 is 11.8 Å². The quantitative estimate of drug-likeness (QED) is 0.580. The number of nitrogens with one attached hydrogen (secondary N) is 1. The maximum atomic E-state index is 3.56. The summed E-state index contributed by atoms with van der Waals surface area (Å²) >= 11 is 2.20. The fraction of sp³-hybridized carbons (Fsp3) is 1.00. The first-order chi connectivity index (χ1) is 8.33. The summed E-state index contributed by atoms with van der Waals surface area (Å²) in [7, 11) is 0. The monoisotopic (exact) mass is 257 g/mol. The summed E-state index contributed by atoms with van der Waals surface area (Å²) in [5.41, 5.74) is 0. The molecule has 1 aliphatic carbocycles. The molecule has 2 heteroatoms. The third-order valence-corrected chi connectivity index (χ3v) is 5.03. The van der Waals surface area contributed by atoms with Crippen LogP contribution in [0.5, 0.6) is 0 Å². The van der Waals surface area contributed by atoms with Crippen LogP contribution in [0.1, 0.15) is 65.2 Å². The molecule has 0 saturated heterocycles. The number of unbranched alkanes of at least 4 members (excludes halogenated alkanes) is 1. The second-order valence-electron chi connectivity index (χ2n) is 5.58. The molecular weight excluding hydrogens is 226 g/mol. The number of hydrogen-bond donors (Lipinski definition) is 1. The van der Waals surface area contributed by atoms with Crippen molar-refractivity contribution in [3.8, 4) is 0 Å². The van der Waals surface area contributed by atoms with E-state index in [1.54, 1.807) is 0 Å². The molecule has 0 heterocycles. The largest absolute Gasteiger partial charge is 0.314 e. The minimum Gasteiger partial charge on any atom is -0.314 e. The van der Waals surface area contributed by atoms with Gasteiger partial charge in [-0.2, -0.15) is 11.8 Å². The second kappa shape index (κ2) is 10.3. The molecule has 1 fully saturated rings. The average molecular weight is 257 g/mol. The molecule has 1 rings (SSSR count). The summed E-state index contributed by atoms with van der Waals surface area (Å²) < 4.78 is 0. The van der Waals surface area contributed by atoms with E-state index in [-0.39, 0.29) is 0 Å². The van der Waals surface area contributed by atoms with Gasteiger partial charge in [-0.1, -0.05) is 26.2 Å². The Morgan fingerprint density at radius 2 is 2.00 bits per heavy atom. The summed E-state index contributed by atoms with van der Waals surface area (Å²) in [6.07, 6.45) is 11.4. The summed E-state index contributed by atoms with van der Waals surface area (Å²) in [6.45, 7) is 5.73. The molecule has 0 aliphatic heterocycles. The molecule has 1 aliphatic rings. The van der Waals surface area contributed by atoms with E-state index in [2.05, 4.69) is 30.9 Å². The van der Waals surface area contributed by atoms with Gasteiger partial charge in [0.15, 0.2) is 0 Å². The van der Waals surface area contributed by atoms with Crippen LogP contribution < -0.4 is 5.32 Å². The van der Waals surface area contributed by atoms with Crippen molar-refractivity contribution in [1.29, 1.82) is 0 Å². The van der Waals surface area contributed by atoms with E-state index in [1.165, 1.54) is 69.4 Å². The van der Waals surface area contributed by atoms with Crippen molar-refractivity contribution in [2.45, 2.75) is 71.3 Å². The number of rotatable bonds is 10. The molecule has 17 heavy (non-hydrogen) atoms. The van der Waals surface area contributed by atoms with Crippen LogP contribution in [0.25, 0.3) is 0 Å². The standard InChI is InChI=1S/C15H31NS/c1-3-11-16-14(2)8-6-7-12-17-13-15-9-4-5-10-15/h14-16H,3-13H2,1-2H3. The Morgan fingerprint density at radius 3 is 2.71 bits per heavy atom. The molecule has 1 atom stereocenters. The number of hydrogen-bond acceptors (Lipinski definition) is 2. The highest BCUT2D eigenvalue weighted by Gasteiger charge is 2.14. The summed E-state index contributed by atoms with van der Waals surface area (Å²) in [5.74, 6) is 3.88. The molecule has 0 aromatic rings. The van der Waals surface area contributed by atoms with Gasteiger partial charge in [0.1, 0.15) is 0 Å². The van der Waals surface area contributed by atoms with Crippen molar-refractivity contribution in [2.24, 2.45) is 5.92 Å². The fourth-order valence-electron chi connectivity index (χ4n) is 2.57. The van der Waals surface area contributed by atoms with Gasteiger partial charge in [-0.15, -0.1) is 0 Å². The molecule has 0 aromatic carbocycles. The first kappa shape index (κ1) is 15.4. The fourth-order valence-corrected chi connectivity index (χ4v) is 3.82. The van der Waals surface area contributed by atoms with Crippen LogP contribution in [0.2, 0.25) is 0 Å². The lowest BCUT2D eigenvalue weighted by molar-refractivity contribution is 0.496. The van der Waals surface area contributed by atoms with E-state index in [9.17, 15) is 0 Å². The Bertz CT molecular complexity index is 166. The topological polar surface area (TPSA) is 12.0 Å². The zero-order valence-corrected chi connectivity index (χ0v) is 12.7. The highest BCUT2D eigenvalue weighted by atomic mass is 32.2. The molecule has 1 saturated carbocycles. The normalized spacial score (nSPS) is 18.7. The van der Waals surface area contributed by atoms with Crippen LogP contribution >= 0.6 is 11.8 Å². The molecule has 1 N–H and O–H groups in total. The smallest absolute Gasteiger partial charge is 0.00387 e. The molecule has 1 unspecified atom stereocenters. The lowest BCUT2D eigenvalue weighted by Gasteiger charge is -2.13. The van der Waals surface area contributed by atoms with Gasteiger partial charge in [-0.3, -0.25) is 0 Å². The maximum absolute atomic E-state index is 3.56. The highest BCUT2D eigenvalue weighted by Crippen LogP contribution is 2.28. The van der Waals surface area contributed by atoms with E-state index in [0.717, 1.165) is 12.0 Å². The van der Waals surface area contributed by atoms with E-state index in [4.69, 9.17) is 0 Å². The van der Waals surface area contributed by atoms with Crippen LogP contribution in [0.3, 0.4) is 0 Å². The van der Waals surface area contributed by atoms with E-state index >= 15 is 0 Å². The van der Waals surface area contributed by atoms with Crippen LogP contribution in [-0.4, -0.2) is 24.1 Å². The highest BCUT2D eigenvalue weighted by molar-refractivity contribution is 7.99. The Hall–Kier alpha value is 0.310. The van der Waals surface area contributed by atoms with Gasteiger partial charge in [-0.25, -0.2) is 0 Å². The lowest BCUT2D eigenvalue weighted by atomic mass is 10.1. The van der Waals surface area contributed by atoms with Crippen molar-refractivity contribution < 1.29 is 0 Å². The van der Waals surface area contributed by atoms with Crippen LogP contribution in [0.4, 0.5) is 0 Å². The molecule has 102 valence electrons. The molecular formula is C15H31NS. The average Bonchev–Trinajstić information content (AvgIpc) is 2.84. The zero-order valence-electron chi connectivity index (χ0n) is 11.8. The Balaban J connectivity index is 1.80. The van der Waals surface area contributed by atoms with Crippen LogP contribution in [-0.2, 0) is 0 Å². The first-order valence-electron chi connectivity index (χ1n) is 7.64. The van der Waals surface area contributed by atoms with Gasteiger partial charge in [0, 0.05) is 6.04 Å². The minimum absolute atomic E-state index is 0.717. The maximum Gasteiger partial charge on any atom is 0.00387 e. The first-order valence-corrected chi connectivity index (χ1v) is 8.79. The SMILES string of the molecule is CCCNC(C)CCCCSCC1CCCC1. The predicted molar refractivity (Wildman–Crippen MR) is 80.9 cm³/mol. The Kier molecular flexibility index (Phi) is 9.27. The predicted octanol–water partition coefficient (Wildman–Crippen LogP) is 4.47. The molecule has 0 spiro atoms. The number of thioether (sulfide) groups is 1. The third-order valence-electron chi connectivity index (χ3n) is 3.75. The van der Waals surface area contributed by atoms with Gasteiger partial charge in [-0.05, 0) is 63.0 Å². The van der Waals surface area contributed by atoms with E-state index in [1.807, 2.05) is 0 Å². The summed E-state index contributed by atoms with van der Waals surface area (Å²) in [4.78, 5) is 0. The van der Waals surface area contributed by atoms with Crippen LogP contribution in [0.15, 0.2) is 0 Å². The molecule has 0 radical (unpaired) electrons. The summed E-state index contributed by atoms with van der Waals surface area (Å²) in [6, 6.07) is 0.717. The van der Waals surface area contributed by atoms with Gasteiger partial charge in [0.25, 0.3) is 0 Å². The van der Waals surface area contributed by atoms with Crippen LogP contribution in [0, 0.1) is 5.92 Å². The van der Waals surface area contributed by atoms with E-state index < -0.39 is 0 Å². The van der Waals surface area contributed by atoms with Crippen molar-refractivity contribution in [2.75, 3.05) is 18.1 Å². The van der Waals surface area contributed by atoms with Crippen molar-refractivity contribution in [3.05, 3.63) is 0 Å².